The van der Waals surface area contributed by atoms with Crippen LogP contribution in [0.2, 0.25) is 0 Å². The van der Waals surface area contributed by atoms with Crippen LogP contribution in [-0.2, 0) is 0 Å². The van der Waals surface area contributed by atoms with E-state index in [-0.39, 0.29) is 0 Å². The molecule has 2 N–H and O–H groups in total. The summed E-state index contributed by atoms with van der Waals surface area (Å²) in [5.74, 6) is 0. The highest BCUT2D eigenvalue weighted by molar-refractivity contribution is 7.73. The Morgan fingerprint density at radius 1 is 1.47 bits per heavy atom. The number of nitrogens with zero attached hydrogens (tertiary/aromatic N) is 1. The van der Waals surface area contributed by atoms with Crippen LogP contribution in [-0.4, -0.2) is 16.7 Å². The molecule has 84 valence electrons. The third-order valence-electron chi connectivity index (χ3n) is 3.17. The second kappa shape index (κ2) is 4.61. The maximum Gasteiger partial charge on any atom is 0.204 e. The van der Waals surface area contributed by atoms with Crippen LogP contribution in [0.25, 0.3) is 0 Å². The van der Waals surface area contributed by atoms with Gasteiger partial charge < -0.3 is 5.32 Å². The molecule has 0 aliphatic heterocycles. The van der Waals surface area contributed by atoms with Crippen LogP contribution in [0.4, 0.5) is 5.13 Å². The first-order chi connectivity index (χ1) is 7.18. The molecule has 0 spiro atoms. The fraction of sp³-hybridized carbons (Fsp3) is 0.800. The Bertz CT molecular complexity index is 363. The van der Waals surface area contributed by atoms with Crippen LogP contribution in [0.3, 0.4) is 0 Å². The second-order valence-electron chi connectivity index (χ2n) is 4.64. The molecular weight excluding hydrogens is 226 g/mol. The minimum atomic E-state index is 0.450. The van der Waals surface area contributed by atoms with E-state index < -0.39 is 0 Å². The van der Waals surface area contributed by atoms with Gasteiger partial charge in [0.1, 0.15) is 0 Å². The van der Waals surface area contributed by atoms with E-state index >= 15 is 0 Å². The lowest BCUT2D eigenvalue weighted by Crippen LogP contribution is -2.28. The SMILES string of the molecule is CC1(CNc2n[nH]c(=S)s2)CCCCC1. The maximum atomic E-state index is 4.99. The van der Waals surface area contributed by atoms with Gasteiger partial charge in [-0.25, -0.2) is 0 Å². The van der Waals surface area contributed by atoms with Crippen molar-refractivity contribution in [2.24, 2.45) is 5.41 Å². The van der Waals surface area contributed by atoms with Crippen molar-refractivity contribution in [3.8, 4) is 0 Å². The van der Waals surface area contributed by atoms with Crippen molar-refractivity contribution in [2.75, 3.05) is 11.9 Å². The lowest BCUT2D eigenvalue weighted by atomic mass is 9.76. The van der Waals surface area contributed by atoms with E-state index in [0.717, 1.165) is 15.6 Å². The number of nitrogens with one attached hydrogen (secondary N) is 2. The molecule has 1 aromatic rings. The van der Waals surface area contributed by atoms with Gasteiger partial charge in [-0.2, -0.15) is 0 Å². The summed E-state index contributed by atoms with van der Waals surface area (Å²) in [6, 6.07) is 0. The van der Waals surface area contributed by atoms with Crippen molar-refractivity contribution in [1.29, 1.82) is 0 Å². The van der Waals surface area contributed by atoms with Crippen LogP contribution in [0.1, 0.15) is 39.0 Å². The molecule has 1 fully saturated rings. The summed E-state index contributed by atoms with van der Waals surface area (Å²) in [6.07, 6.45) is 6.80. The molecule has 0 saturated heterocycles. The zero-order chi connectivity index (χ0) is 10.7. The first-order valence-electron chi connectivity index (χ1n) is 5.47. The average molecular weight is 243 g/mol. The van der Waals surface area contributed by atoms with Gasteiger partial charge in [-0.05, 0) is 30.5 Å². The van der Waals surface area contributed by atoms with Gasteiger partial charge in [0.25, 0.3) is 0 Å². The highest BCUT2D eigenvalue weighted by Crippen LogP contribution is 2.35. The number of H-pyrrole nitrogens is 1. The molecule has 1 saturated carbocycles. The van der Waals surface area contributed by atoms with Crippen molar-refractivity contribution in [3.63, 3.8) is 0 Å². The molecule has 0 unspecified atom stereocenters. The van der Waals surface area contributed by atoms with E-state index in [9.17, 15) is 0 Å². The maximum absolute atomic E-state index is 4.99. The molecule has 3 nitrogen and oxygen atoms in total. The summed E-state index contributed by atoms with van der Waals surface area (Å²) in [4.78, 5) is 0. The van der Waals surface area contributed by atoms with Crippen LogP contribution in [0.15, 0.2) is 0 Å². The summed E-state index contributed by atoms with van der Waals surface area (Å²) in [6.45, 7) is 3.38. The summed E-state index contributed by atoms with van der Waals surface area (Å²) in [7, 11) is 0. The van der Waals surface area contributed by atoms with E-state index in [4.69, 9.17) is 12.2 Å². The zero-order valence-corrected chi connectivity index (χ0v) is 10.6. The third kappa shape index (κ3) is 3.01. The number of hydrogen-bond donors (Lipinski definition) is 2. The Morgan fingerprint density at radius 3 is 2.80 bits per heavy atom. The van der Waals surface area contributed by atoms with Gasteiger partial charge in [-0.15, -0.1) is 5.10 Å². The van der Waals surface area contributed by atoms with Gasteiger partial charge in [0.2, 0.25) is 5.13 Å². The molecule has 2 rings (SSSR count). The predicted octanol–water partition coefficient (Wildman–Crippen LogP) is 3.58. The lowest BCUT2D eigenvalue weighted by Gasteiger charge is -2.33. The van der Waals surface area contributed by atoms with Crippen molar-refractivity contribution in [1.82, 2.24) is 10.2 Å². The summed E-state index contributed by atoms with van der Waals surface area (Å²) in [5.41, 5.74) is 0.450. The molecular formula is C10H17N3S2. The van der Waals surface area contributed by atoms with Gasteiger partial charge in [0, 0.05) is 6.54 Å². The molecule has 0 atom stereocenters. The van der Waals surface area contributed by atoms with E-state index in [1.165, 1.54) is 43.4 Å². The van der Waals surface area contributed by atoms with Crippen molar-refractivity contribution >= 4 is 28.7 Å². The quantitative estimate of drug-likeness (QED) is 0.797. The summed E-state index contributed by atoms with van der Waals surface area (Å²) in [5, 5.41) is 11.2. The molecule has 1 aliphatic carbocycles. The second-order valence-corrected chi connectivity index (χ2v) is 6.31. The number of aromatic amines is 1. The number of rotatable bonds is 3. The molecule has 0 amide bonds. The van der Waals surface area contributed by atoms with Crippen LogP contribution < -0.4 is 5.32 Å². The topological polar surface area (TPSA) is 40.7 Å². The standard InChI is InChI=1S/C10H17N3S2/c1-10(5-3-2-4-6-10)7-11-8-12-13-9(14)15-8/h2-7H2,1H3,(H,11,12)(H,13,14). The Hall–Kier alpha value is -0.420. The Balaban J connectivity index is 1.89. The minimum absolute atomic E-state index is 0.450. The van der Waals surface area contributed by atoms with E-state index in [2.05, 4.69) is 22.4 Å². The van der Waals surface area contributed by atoms with E-state index in [1.54, 1.807) is 0 Å². The number of hydrogen-bond acceptors (Lipinski definition) is 4. The third-order valence-corrected chi connectivity index (χ3v) is 4.21. The molecule has 0 bridgehead atoms. The van der Waals surface area contributed by atoms with Crippen molar-refractivity contribution < 1.29 is 0 Å². The Morgan fingerprint density at radius 2 is 2.20 bits per heavy atom. The predicted molar refractivity (Wildman–Crippen MR) is 67.0 cm³/mol. The minimum Gasteiger partial charge on any atom is -0.360 e. The highest BCUT2D eigenvalue weighted by atomic mass is 32.1. The molecule has 5 heteroatoms. The fourth-order valence-corrected chi connectivity index (χ4v) is 2.96. The Labute approximate surface area is 99.3 Å². The first kappa shape index (κ1) is 11.1. The smallest absolute Gasteiger partial charge is 0.204 e. The molecule has 1 aliphatic rings. The van der Waals surface area contributed by atoms with Gasteiger partial charge in [-0.1, -0.05) is 37.5 Å². The molecule has 15 heavy (non-hydrogen) atoms. The normalized spacial score (nSPS) is 20.1. The van der Waals surface area contributed by atoms with Crippen molar-refractivity contribution in [3.05, 3.63) is 3.95 Å². The van der Waals surface area contributed by atoms with Gasteiger partial charge in [-0.3, -0.25) is 5.10 Å². The fourth-order valence-electron chi connectivity index (χ4n) is 2.18. The largest absolute Gasteiger partial charge is 0.360 e. The number of aromatic nitrogens is 2. The number of anilines is 1. The van der Waals surface area contributed by atoms with Crippen LogP contribution >= 0.6 is 23.6 Å². The van der Waals surface area contributed by atoms with E-state index in [1.807, 2.05) is 0 Å². The van der Waals surface area contributed by atoms with Crippen molar-refractivity contribution in [2.45, 2.75) is 39.0 Å². The van der Waals surface area contributed by atoms with Gasteiger partial charge in [0.05, 0.1) is 0 Å². The van der Waals surface area contributed by atoms with Crippen LogP contribution in [0, 0.1) is 9.37 Å². The molecule has 0 radical (unpaired) electrons. The van der Waals surface area contributed by atoms with Gasteiger partial charge >= 0.3 is 0 Å². The molecule has 1 heterocycles. The first-order valence-corrected chi connectivity index (χ1v) is 6.70. The zero-order valence-electron chi connectivity index (χ0n) is 9.01. The van der Waals surface area contributed by atoms with Gasteiger partial charge in [0.15, 0.2) is 3.95 Å². The Kier molecular flexibility index (Phi) is 3.41. The molecule has 1 aromatic heterocycles. The molecule has 0 aromatic carbocycles. The summed E-state index contributed by atoms with van der Waals surface area (Å²) < 4.78 is 0.742. The van der Waals surface area contributed by atoms with E-state index in [0.29, 0.717) is 5.41 Å². The summed E-state index contributed by atoms with van der Waals surface area (Å²) >= 11 is 6.50. The monoisotopic (exact) mass is 243 g/mol. The van der Waals surface area contributed by atoms with Crippen LogP contribution in [0.5, 0.6) is 0 Å². The highest BCUT2D eigenvalue weighted by Gasteiger charge is 2.26. The lowest BCUT2D eigenvalue weighted by molar-refractivity contribution is 0.233. The average Bonchev–Trinajstić information content (AvgIpc) is 2.63.